The number of nitrogens with two attached hydrogens (primary N) is 1. The summed E-state index contributed by atoms with van der Waals surface area (Å²) in [5, 5.41) is 5.60. The number of hydrogen-bond donors (Lipinski definition) is 1. The highest BCUT2D eigenvalue weighted by molar-refractivity contribution is 6.30. The first-order valence-corrected chi connectivity index (χ1v) is 8.89. The van der Waals surface area contributed by atoms with E-state index in [0.717, 1.165) is 46.3 Å². The molecule has 1 aromatic heterocycles. The van der Waals surface area contributed by atoms with Crippen molar-refractivity contribution in [3.63, 3.8) is 0 Å². The molecule has 0 fully saturated rings. The predicted molar refractivity (Wildman–Crippen MR) is 101 cm³/mol. The second kappa shape index (κ2) is 6.54. The molecule has 0 amide bonds. The third kappa shape index (κ3) is 2.92. The highest BCUT2D eigenvalue weighted by Gasteiger charge is 2.28. The van der Waals surface area contributed by atoms with Crippen LogP contribution in [0.4, 0.5) is 0 Å². The zero-order valence-electron chi connectivity index (χ0n) is 14.1. The molecule has 25 heavy (non-hydrogen) atoms. The molecule has 2 N–H and O–H groups in total. The number of nitrogens with zero attached hydrogens (tertiary/aromatic N) is 2. The van der Waals surface area contributed by atoms with E-state index in [2.05, 4.69) is 0 Å². The maximum Gasteiger partial charge on any atom is 0.144 e. The zero-order valence-corrected chi connectivity index (χ0v) is 14.8. The van der Waals surface area contributed by atoms with E-state index in [1.54, 1.807) is 0 Å². The Morgan fingerprint density at radius 2 is 1.92 bits per heavy atom. The average molecular weight is 354 g/mol. The molecule has 0 radical (unpaired) electrons. The fraction of sp³-hybridized carbons (Fsp3) is 0.250. The van der Waals surface area contributed by atoms with Crippen molar-refractivity contribution in [3.8, 4) is 22.7 Å². The lowest BCUT2D eigenvalue weighted by Gasteiger charge is -2.14. The Bertz CT molecular complexity index is 902. The molecule has 4 rings (SSSR count). The van der Waals surface area contributed by atoms with E-state index < -0.39 is 0 Å². The maximum absolute atomic E-state index is 6.17. The van der Waals surface area contributed by atoms with Crippen molar-refractivity contribution in [1.29, 1.82) is 0 Å². The van der Waals surface area contributed by atoms with Crippen LogP contribution in [0.2, 0.25) is 5.02 Å². The van der Waals surface area contributed by atoms with Gasteiger partial charge in [0.2, 0.25) is 0 Å². The molecule has 0 bridgehead atoms. The van der Waals surface area contributed by atoms with Gasteiger partial charge in [-0.05, 0) is 37.6 Å². The molecule has 128 valence electrons. The number of ether oxygens (including phenoxy) is 1. The molecule has 0 spiro atoms. The largest absolute Gasteiger partial charge is 0.492 e. The smallest absolute Gasteiger partial charge is 0.144 e. The summed E-state index contributed by atoms with van der Waals surface area (Å²) in [4.78, 5) is 0. The summed E-state index contributed by atoms with van der Waals surface area (Å²) in [7, 11) is 0. The lowest BCUT2D eigenvalue weighted by atomic mass is 10.1. The average Bonchev–Trinajstić information content (AvgIpc) is 3.12. The third-order valence-electron chi connectivity index (χ3n) is 4.50. The van der Waals surface area contributed by atoms with Gasteiger partial charge in [-0.2, -0.15) is 5.10 Å². The molecular weight excluding hydrogens is 334 g/mol. The monoisotopic (exact) mass is 353 g/mol. The standard InChI is InChI=1S/C20H20ClN3O/c1-2-25-19-6-4-3-5-18(19)24-20(13-7-9-14(21)10-8-13)16-11-15(22)12-17(16)23-24/h3-10,15H,2,11-12,22H2,1H3. The number of rotatable bonds is 4. The molecule has 0 aliphatic heterocycles. The first-order valence-electron chi connectivity index (χ1n) is 8.52. The Kier molecular flexibility index (Phi) is 4.24. The van der Waals surface area contributed by atoms with Crippen molar-refractivity contribution in [1.82, 2.24) is 9.78 Å². The van der Waals surface area contributed by atoms with E-state index >= 15 is 0 Å². The number of aromatic nitrogens is 2. The molecule has 2 aromatic carbocycles. The lowest BCUT2D eigenvalue weighted by molar-refractivity contribution is 0.338. The summed E-state index contributed by atoms with van der Waals surface area (Å²) in [5.41, 5.74) is 11.6. The van der Waals surface area contributed by atoms with E-state index in [4.69, 9.17) is 27.2 Å². The second-order valence-electron chi connectivity index (χ2n) is 6.26. The predicted octanol–water partition coefficient (Wildman–Crippen LogP) is 4.02. The van der Waals surface area contributed by atoms with E-state index in [1.165, 1.54) is 5.56 Å². The number of benzene rings is 2. The first-order chi connectivity index (χ1) is 12.2. The molecule has 1 atom stereocenters. The van der Waals surface area contributed by atoms with Gasteiger partial charge in [-0.3, -0.25) is 0 Å². The summed E-state index contributed by atoms with van der Waals surface area (Å²) in [6.07, 6.45) is 1.64. The number of para-hydroxylation sites is 2. The van der Waals surface area contributed by atoms with Crippen LogP contribution in [-0.2, 0) is 12.8 Å². The van der Waals surface area contributed by atoms with Crippen LogP contribution >= 0.6 is 11.6 Å². The summed E-state index contributed by atoms with van der Waals surface area (Å²) < 4.78 is 7.81. The van der Waals surface area contributed by atoms with Gasteiger partial charge in [-0.1, -0.05) is 35.9 Å². The van der Waals surface area contributed by atoms with Crippen molar-refractivity contribution < 1.29 is 4.74 Å². The first kappa shape index (κ1) is 16.2. The molecular formula is C20H20ClN3O. The Morgan fingerprint density at radius 1 is 1.16 bits per heavy atom. The second-order valence-corrected chi connectivity index (χ2v) is 6.70. The van der Waals surface area contributed by atoms with Crippen LogP contribution in [0.3, 0.4) is 0 Å². The summed E-state index contributed by atoms with van der Waals surface area (Å²) in [5.74, 6) is 0.825. The maximum atomic E-state index is 6.17. The highest BCUT2D eigenvalue weighted by Crippen LogP contribution is 2.36. The van der Waals surface area contributed by atoms with Crippen LogP contribution in [0.15, 0.2) is 48.5 Å². The minimum absolute atomic E-state index is 0.139. The van der Waals surface area contributed by atoms with E-state index in [1.807, 2.05) is 60.1 Å². The summed E-state index contributed by atoms with van der Waals surface area (Å²) in [6.45, 7) is 2.60. The molecule has 5 heteroatoms. The molecule has 1 aliphatic rings. The Morgan fingerprint density at radius 3 is 2.68 bits per heavy atom. The van der Waals surface area contributed by atoms with E-state index in [-0.39, 0.29) is 6.04 Å². The molecule has 4 nitrogen and oxygen atoms in total. The van der Waals surface area contributed by atoms with E-state index in [9.17, 15) is 0 Å². The van der Waals surface area contributed by atoms with Crippen molar-refractivity contribution >= 4 is 11.6 Å². The van der Waals surface area contributed by atoms with Gasteiger partial charge in [0.1, 0.15) is 11.4 Å². The van der Waals surface area contributed by atoms with Gasteiger partial charge in [-0.25, -0.2) is 4.68 Å². The fourth-order valence-electron chi connectivity index (χ4n) is 3.45. The van der Waals surface area contributed by atoms with Gasteiger partial charge >= 0.3 is 0 Å². The molecule has 1 aliphatic carbocycles. The van der Waals surface area contributed by atoms with Crippen molar-refractivity contribution in [2.45, 2.75) is 25.8 Å². The normalized spacial score (nSPS) is 16.0. The van der Waals surface area contributed by atoms with E-state index in [0.29, 0.717) is 6.61 Å². The van der Waals surface area contributed by atoms with Gasteiger partial charge in [0.15, 0.2) is 0 Å². The van der Waals surface area contributed by atoms with Crippen LogP contribution in [0, 0.1) is 0 Å². The quantitative estimate of drug-likeness (QED) is 0.770. The van der Waals surface area contributed by atoms with Crippen LogP contribution in [0.5, 0.6) is 5.75 Å². The number of hydrogen-bond acceptors (Lipinski definition) is 3. The van der Waals surface area contributed by atoms with Gasteiger partial charge in [0.05, 0.1) is 18.0 Å². The summed E-state index contributed by atoms with van der Waals surface area (Å²) >= 11 is 6.07. The van der Waals surface area contributed by atoms with Crippen LogP contribution < -0.4 is 10.5 Å². The van der Waals surface area contributed by atoms with Gasteiger partial charge < -0.3 is 10.5 Å². The van der Waals surface area contributed by atoms with Crippen molar-refractivity contribution in [2.75, 3.05) is 6.61 Å². The van der Waals surface area contributed by atoms with Gasteiger partial charge in [-0.15, -0.1) is 0 Å². The minimum atomic E-state index is 0.139. The Hall–Kier alpha value is -2.30. The Labute approximate surface area is 152 Å². The van der Waals surface area contributed by atoms with Gasteiger partial charge in [0.25, 0.3) is 0 Å². The molecule has 3 aromatic rings. The Balaban J connectivity index is 1.92. The fourth-order valence-corrected chi connectivity index (χ4v) is 3.57. The van der Waals surface area contributed by atoms with Crippen LogP contribution in [-0.4, -0.2) is 22.4 Å². The lowest BCUT2D eigenvalue weighted by Crippen LogP contribution is -2.20. The van der Waals surface area contributed by atoms with Gasteiger partial charge in [0, 0.05) is 28.6 Å². The number of fused-ring (bicyclic) bond motifs is 1. The van der Waals surface area contributed by atoms with Crippen molar-refractivity contribution in [3.05, 3.63) is 64.8 Å². The molecule has 0 saturated heterocycles. The summed E-state index contributed by atoms with van der Waals surface area (Å²) in [6, 6.07) is 16.0. The minimum Gasteiger partial charge on any atom is -0.492 e. The van der Waals surface area contributed by atoms with Crippen LogP contribution in [0.1, 0.15) is 18.2 Å². The topological polar surface area (TPSA) is 53.1 Å². The highest BCUT2D eigenvalue weighted by atomic mass is 35.5. The number of halogens is 1. The van der Waals surface area contributed by atoms with Crippen molar-refractivity contribution in [2.24, 2.45) is 5.73 Å². The zero-order chi connectivity index (χ0) is 17.4. The molecule has 1 heterocycles. The molecule has 0 saturated carbocycles. The van der Waals surface area contributed by atoms with Crippen LogP contribution in [0.25, 0.3) is 16.9 Å². The SMILES string of the molecule is CCOc1ccccc1-n1nc2c(c1-c1ccc(Cl)cc1)CC(N)C2. The third-order valence-corrected chi connectivity index (χ3v) is 4.75. The molecule has 1 unspecified atom stereocenters.